The molecule has 0 aromatic heterocycles. The van der Waals surface area contributed by atoms with Crippen LogP contribution < -0.4 is 5.73 Å². The molecule has 1 unspecified atom stereocenters. The summed E-state index contributed by atoms with van der Waals surface area (Å²) in [5.41, 5.74) is 9.33. The zero-order valence-electron chi connectivity index (χ0n) is 11.8. The SMILES string of the molecule is C=C(/C=C/C1=CCC(/C=C/C=O)C#C1)c1ccc(N)cc1. The molecule has 104 valence electrons. The molecule has 1 aliphatic carbocycles. The average Bonchev–Trinajstić information content (AvgIpc) is 2.52. The molecule has 0 fully saturated rings. The van der Waals surface area contributed by atoms with Crippen LogP contribution >= 0.6 is 0 Å². The number of carbonyl (C=O) groups excluding carboxylic acids is 1. The molecule has 21 heavy (non-hydrogen) atoms. The van der Waals surface area contributed by atoms with Gasteiger partial charge < -0.3 is 5.73 Å². The van der Waals surface area contributed by atoms with Gasteiger partial charge >= 0.3 is 0 Å². The third-order valence-corrected chi connectivity index (χ3v) is 3.16. The van der Waals surface area contributed by atoms with Gasteiger partial charge in [-0.05, 0) is 41.8 Å². The first-order chi connectivity index (χ1) is 10.2. The molecule has 0 bridgehead atoms. The maximum Gasteiger partial charge on any atom is 0.142 e. The highest BCUT2D eigenvalue weighted by Gasteiger charge is 2.03. The Labute approximate surface area is 125 Å². The number of hydrogen-bond donors (Lipinski definition) is 1. The first kappa shape index (κ1) is 14.6. The summed E-state index contributed by atoms with van der Waals surface area (Å²) in [5, 5.41) is 0. The summed E-state index contributed by atoms with van der Waals surface area (Å²) in [6, 6.07) is 7.61. The lowest BCUT2D eigenvalue weighted by atomic mass is 9.98. The number of carbonyl (C=O) groups is 1. The van der Waals surface area contributed by atoms with Crippen LogP contribution in [0.25, 0.3) is 5.57 Å². The summed E-state index contributed by atoms with van der Waals surface area (Å²) in [4.78, 5) is 10.3. The van der Waals surface area contributed by atoms with E-state index >= 15 is 0 Å². The number of hydrogen-bond acceptors (Lipinski definition) is 2. The Morgan fingerprint density at radius 3 is 2.71 bits per heavy atom. The fourth-order valence-corrected chi connectivity index (χ4v) is 1.94. The van der Waals surface area contributed by atoms with Crippen LogP contribution in [0.3, 0.4) is 0 Å². The summed E-state index contributed by atoms with van der Waals surface area (Å²) >= 11 is 0. The maximum atomic E-state index is 10.3. The lowest BCUT2D eigenvalue weighted by molar-refractivity contribution is -0.104. The summed E-state index contributed by atoms with van der Waals surface area (Å²) in [6.07, 6.45) is 10.9. The standard InChI is InChI=1S/C19H17NO/c1-15(18-10-12-19(20)13-11-18)4-5-17-8-6-16(7-9-17)3-2-14-21/h2-5,8,10-14,16H,1,6,20H2/b3-2+,5-4+. The van der Waals surface area contributed by atoms with E-state index in [1.807, 2.05) is 42.5 Å². The number of rotatable bonds is 5. The van der Waals surface area contributed by atoms with Gasteiger partial charge in [-0.2, -0.15) is 0 Å². The Bertz CT molecular complexity index is 679. The van der Waals surface area contributed by atoms with Crippen molar-refractivity contribution in [2.45, 2.75) is 6.42 Å². The number of aldehydes is 1. The third-order valence-electron chi connectivity index (χ3n) is 3.16. The Morgan fingerprint density at radius 1 is 1.33 bits per heavy atom. The number of allylic oxidation sites excluding steroid dienone is 7. The molecule has 1 aromatic carbocycles. The van der Waals surface area contributed by atoms with Gasteiger partial charge in [0, 0.05) is 17.2 Å². The van der Waals surface area contributed by atoms with Gasteiger partial charge in [0.15, 0.2) is 0 Å². The predicted octanol–water partition coefficient (Wildman–Crippen LogP) is 3.54. The molecule has 2 heteroatoms. The Morgan fingerprint density at radius 2 is 2.10 bits per heavy atom. The van der Waals surface area contributed by atoms with Crippen molar-refractivity contribution < 1.29 is 4.79 Å². The molecule has 2 rings (SSSR count). The smallest absolute Gasteiger partial charge is 0.142 e. The second-order valence-electron chi connectivity index (χ2n) is 4.77. The van der Waals surface area contributed by atoms with Gasteiger partial charge in [0.1, 0.15) is 6.29 Å². The molecule has 1 atom stereocenters. The highest BCUT2D eigenvalue weighted by Crippen LogP contribution is 2.18. The van der Waals surface area contributed by atoms with Crippen molar-refractivity contribution in [2.24, 2.45) is 5.92 Å². The average molecular weight is 275 g/mol. The molecule has 0 saturated heterocycles. The molecule has 0 radical (unpaired) electrons. The fraction of sp³-hybridized carbons (Fsp3) is 0.105. The summed E-state index contributed by atoms with van der Waals surface area (Å²) < 4.78 is 0. The number of benzene rings is 1. The van der Waals surface area contributed by atoms with Gasteiger partial charge in [0.25, 0.3) is 0 Å². The van der Waals surface area contributed by atoms with Crippen LogP contribution in [-0.4, -0.2) is 6.29 Å². The van der Waals surface area contributed by atoms with E-state index in [0.29, 0.717) is 0 Å². The van der Waals surface area contributed by atoms with Crippen molar-refractivity contribution in [3.8, 4) is 11.8 Å². The largest absolute Gasteiger partial charge is 0.399 e. The van der Waals surface area contributed by atoms with E-state index in [1.54, 1.807) is 0 Å². The Hall–Kier alpha value is -2.79. The van der Waals surface area contributed by atoms with Gasteiger partial charge in [-0.15, -0.1) is 0 Å². The number of nitrogen functional groups attached to an aromatic ring is 1. The maximum absolute atomic E-state index is 10.3. The van der Waals surface area contributed by atoms with E-state index in [9.17, 15) is 4.79 Å². The quantitative estimate of drug-likeness (QED) is 0.294. The van der Waals surface area contributed by atoms with Crippen LogP contribution in [0.4, 0.5) is 5.69 Å². The predicted molar refractivity (Wildman–Crippen MR) is 88.2 cm³/mol. The highest BCUT2D eigenvalue weighted by atomic mass is 16.1. The van der Waals surface area contributed by atoms with E-state index in [2.05, 4.69) is 24.5 Å². The Balaban J connectivity index is 1.99. The van der Waals surface area contributed by atoms with Crippen LogP contribution in [0.2, 0.25) is 0 Å². The fourth-order valence-electron chi connectivity index (χ4n) is 1.94. The monoisotopic (exact) mass is 275 g/mol. The Kier molecular flexibility index (Phi) is 4.95. The summed E-state index contributed by atoms with van der Waals surface area (Å²) in [5.74, 6) is 6.34. The molecule has 0 spiro atoms. The van der Waals surface area contributed by atoms with E-state index in [1.165, 1.54) is 6.08 Å². The van der Waals surface area contributed by atoms with Crippen LogP contribution in [0.1, 0.15) is 12.0 Å². The van der Waals surface area contributed by atoms with E-state index in [0.717, 1.165) is 35.1 Å². The number of anilines is 1. The highest BCUT2D eigenvalue weighted by molar-refractivity contribution is 5.73. The zero-order chi connectivity index (χ0) is 15.1. The summed E-state index contributed by atoms with van der Waals surface area (Å²) in [6.45, 7) is 4.04. The van der Waals surface area contributed by atoms with Crippen molar-refractivity contribution in [1.82, 2.24) is 0 Å². The topological polar surface area (TPSA) is 43.1 Å². The second kappa shape index (κ2) is 7.12. The molecule has 1 aliphatic rings. The molecular formula is C19H17NO. The van der Waals surface area contributed by atoms with Crippen molar-refractivity contribution in [2.75, 3.05) is 5.73 Å². The minimum atomic E-state index is 0.132. The first-order valence-electron chi connectivity index (χ1n) is 6.75. The molecular weight excluding hydrogens is 258 g/mol. The summed E-state index contributed by atoms with van der Waals surface area (Å²) in [7, 11) is 0. The molecule has 1 aromatic rings. The normalized spacial score (nSPS) is 17.3. The van der Waals surface area contributed by atoms with E-state index in [4.69, 9.17) is 5.73 Å². The van der Waals surface area contributed by atoms with Crippen molar-refractivity contribution >= 4 is 17.5 Å². The zero-order valence-corrected chi connectivity index (χ0v) is 11.8. The van der Waals surface area contributed by atoms with Crippen LogP contribution in [-0.2, 0) is 4.79 Å². The second-order valence-corrected chi connectivity index (χ2v) is 4.77. The van der Waals surface area contributed by atoms with Gasteiger partial charge in [-0.25, -0.2) is 0 Å². The van der Waals surface area contributed by atoms with Crippen molar-refractivity contribution in [1.29, 1.82) is 0 Å². The van der Waals surface area contributed by atoms with E-state index < -0.39 is 0 Å². The molecule has 2 N–H and O–H groups in total. The van der Waals surface area contributed by atoms with Crippen LogP contribution in [0.5, 0.6) is 0 Å². The molecule has 0 heterocycles. The van der Waals surface area contributed by atoms with Crippen LogP contribution in [0, 0.1) is 17.8 Å². The van der Waals surface area contributed by atoms with Crippen molar-refractivity contribution in [3.63, 3.8) is 0 Å². The number of nitrogens with two attached hydrogens (primary N) is 1. The molecule has 0 amide bonds. The lowest BCUT2D eigenvalue weighted by Crippen LogP contribution is -1.95. The molecule has 2 nitrogen and oxygen atoms in total. The van der Waals surface area contributed by atoms with Gasteiger partial charge in [0.05, 0.1) is 0 Å². The van der Waals surface area contributed by atoms with Gasteiger partial charge in [0.2, 0.25) is 0 Å². The van der Waals surface area contributed by atoms with Gasteiger partial charge in [-0.3, -0.25) is 4.79 Å². The third kappa shape index (κ3) is 4.36. The first-order valence-corrected chi connectivity index (χ1v) is 6.75. The van der Waals surface area contributed by atoms with Gasteiger partial charge in [-0.1, -0.05) is 48.8 Å². The van der Waals surface area contributed by atoms with Crippen molar-refractivity contribution in [3.05, 3.63) is 72.4 Å². The molecule has 0 aliphatic heterocycles. The lowest BCUT2D eigenvalue weighted by Gasteiger charge is -2.06. The minimum Gasteiger partial charge on any atom is -0.399 e. The van der Waals surface area contributed by atoms with E-state index in [-0.39, 0.29) is 5.92 Å². The molecule has 0 saturated carbocycles. The minimum absolute atomic E-state index is 0.132. The van der Waals surface area contributed by atoms with Crippen LogP contribution in [0.15, 0.2) is 66.8 Å².